The third-order valence-electron chi connectivity index (χ3n) is 5.79. The summed E-state index contributed by atoms with van der Waals surface area (Å²) in [6.45, 7) is 0.140. The van der Waals surface area contributed by atoms with Gasteiger partial charge in [0.15, 0.2) is 0 Å². The van der Waals surface area contributed by atoms with Crippen LogP contribution in [-0.2, 0) is 19.6 Å². The highest BCUT2D eigenvalue weighted by atomic mass is 35.5. The van der Waals surface area contributed by atoms with E-state index >= 15 is 0 Å². The fraction of sp³-hybridized carbons (Fsp3) is 0.364. The molecule has 176 valence electrons. The fourth-order valence-corrected chi connectivity index (χ4v) is 5.29. The van der Waals surface area contributed by atoms with Crippen LogP contribution < -0.4 is 9.46 Å². The van der Waals surface area contributed by atoms with E-state index in [1.54, 1.807) is 11.9 Å². The number of carboxylic acid groups (broad SMARTS) is 1. The molecule has 0 aliphatic carbocycles. The number of ether oxygens (including phenoxy) is 2. The molecule has 0 bridgehead atoms. The number of anilines is 1. The van der Waals surface area contributed by atoms with Gasteiger partial charge in [0.2, 0.25) is 0 Å². The highest BCUT2D eigenvalue weighted by Crippen LogP contribution is 2.33. The second kappa shape index (κ2) is 9.20. The average Bonchev–Trinajstić information content (AvgIpc) is 2.76. The van der Waals surface area contributed by atoms with E-state index in [-0.39, 0.29) is 41.1 Å². The predicted molar refractivity (Wildman–Crippen MR) is 120 cm³/mol. The maximum Gasteiger partial charge on any atom is 0.305 e. The van der Waals surface area contributed by atoms with Crippen LogP contribution in [0.15, 0.2) is 47.4 Å². The number of fused-ring (bicyclic) bond motifs is 2. The largest absolute Gasteiger partial charge is 0.490 e. The van der Waals surface area contributed by atoms with Gasteiger partial charge in [0.05, 0.1) is 29.0 Å². The SMILES string of the molecule is CN1C(=O)c2cc(NS(=O)(=O)c3ccc(Cl)cc3)ccc2OC[C@@H]2O[C@@H](CC(=O)O)CC[C@H]21. The molecular weight excluding hydrogens is 472 g/mol. The Bertz CT molecular complexity index is 1170. The Labute approximate surface area is 196 Å². The molecule has 2 heterocycles. The standard InChI is InChI=1S/C22H23ClN2O7S/c1-25-18-8-5-15(11-21(26)27)32-20(18)12-31-19-9-4-14(10-17(19)22(25)28)24-33(29,30)16-6-2-13(23)3-7-16/h2-4,6-7,9-10,15,18,20,24H,5,8,11-12H2,1H3,(H,26,27)/t15-,18-,20+/m1/s1. The molecular formula is C22H23ClN2O7S. The predicted octanol–water partition coefficient (Wildman–Crippen LogP) is 3.00. The van der Waals surface area contributed by atoms with Crippen molar-refractivity contribution in [3.63, 3.8) is 0 Å². The molecule has 2 aliphatic heterocycles. The van der Waals surface area contributed by atoms with Crippen molar-refractivity contribution in [1.29, 1.82) is 0 Å². The zero-order valence-corrected chi connectivity index (χ0v) is 19.3. The van der Waals surface area contributed by atoms with Gasteiger partial charge >= 0.3 is 5.97 Å². The van der Waals surface area contributed by atoms with Crippen molar-refractivity contribution in [3.8, 4) is 5.75 Å². The summed E-state index contributed by atoms with van der Waals surface area (Å²) < 4.78 is 39.6. The van der Waals surface area contributed by atoms with E-state index in [9.17, 15) is 18.0 Å². The van der Waals surface area contributed by atoms with Gasteiger partial charge in [0.25, 0.3) is 15.9 Å². The topological polar surface area (TPSA) is 122 Å². The number of amides is 1. The molecule has 0 saturated carbocycles. The van der Waals surface area contributed by atoms with Gasteiger partial charge in [0, 0.05) is 17.8 Å². The van der Waals surface area contributed by atoms with Crippen LogP contribution in [0.2, 0.25) is 5.02 Å². The van der Waals surface area contributed by atoms with Crippen molar-refractivity contribution in [1.82, 2.24) is 4.90 Å². The van der Waals surface area contributed by atoms with E-state index in [0.29, 0.717) is 23.6 Å². The molecule has 1 amide bonds. The number of carbonyl (C=O) groups is 2. The molecule has 4 rings (SSSR count). The molecule has 3 atom stereocenters. The summed E-state index contributed by atoms with van der Waals surface area (Å²) in [5.41, 5.74) is 0.438. The fourth-order valence-electron chi connectivity index (χ4n) is 4.11. The Morgan fingerprint density at radius 3 is 2.64 bits per heavy atom. The van der Waals surface area contributed by atoms with Crippen molar-refractivity contribution in [2.75, 3.05) is 18.4 Å². The average molecular weight is 495 g/mol. The van der Waals surface area contributed by atoms with Crippen LogP contribution in [0.5, 0.6) is 5.75 Å². The number of nitrogens with one attached hydrogen (secondary N) is 1. The maximum absolute atomic E-state index is 13.2. The quantitative estimate of drug-likeness (QED) is 0.655. The van der Waals surface area contributed by atoms with Gasteiger partial charge in [-0.25, -0.2) is 8.42 Å². The highest BCUT2D eigenvalue weighted by Gasteiger charge is 2.39. The van der Waals surface area contributed by atoms with E-state index in [2.05, 4.69) is 4.72 Å². The van der Waals surface area contributed by atoms with Gasteiger partial charge in [-0.05, 0) is 55.3 Å². The molecule has 33 heavy (non-hydrogen) atoms. The molecule has 0 unspecified atom stereocenters. The number of hydrogen-bond donors (Lipinski definition) is 2. The zero-order valence-electron chi connectivity index (χ0n) is 17.7. The molecule has 9 nitrogen and oxygen atoms in total. The van der Waals surface area contributed by atoms with Crippen molar-refractivity contribution in [2.45, 2.75) is 42.4 Å². The molecule has 0 aromatic heterocycles. The molecule has 2 aromatic carbocycles. The van der Waals surface area contributed by atoms with Crippen LogP contribution in [0.25, 0.3) is 0 Å². The number of nitrogens with zero attached hydrogens (tertiary/aromatic N) is 1. The van der Waals surface area contributed by atoms with Gasteiger partial charge in [-0.2, -0.15) is 0 Å². The van der Waals surface area contributed by atoms with Gasteiger partial charge in [-0.3, -0.25) is 14.3 Å². The molecule has 2 aromatic rings. The number of hydrogen-bond acceptors (Lipinski definition) is 6. The summed E-state index contributed by atoms with van der Waals surface area (Å²) in [4.78, 5) is 25.9. The van der Waals surface area contributed by atoms with Crippen LogP contribution in [0, 0.1) is 0 Å². The summed E-state index contributed by atoms with van der Waals surface area (Å²) in [5.74, 6) is -0.982. The third-order valence-corrected chi connectivity index (χ3v) is 7.44. The van der Waals surface area contributed by atoms with Crippen molar-refractivity contribution in [3.05, 3.63) is 53.1 Å². The number of aliphatic carboxylic acids is 1. The van der Waals surface area contributed by atoms with Crippen LogP contribution in [0.4, 0.5) is 5.69 Å². The van der Waals surface area contributed by atoms with Gasteiger partial charge in [-0.15, -0.1) is 0 Å². The minimum Gasteiger partial charge on any atom is -0.490 e. The van der Waals surface area contributed by atoms with Crippen molar-refractivity contribution in [2.24, 2.45) is 0 Å². The smallest absolute Gasteiger partial charge is 0.305 e. The summed E-state index contributed by atoms with van der Waals surface area (Å²) in [7, 11) is -2.23. The number of carbonyl (C=O) groups excluding carboxylic acids is 1. The lowest BCUT2D eigenvalue weighted by Crippen LogP contribution is -2.53. The Kier molecular flexibility index (Phi) is 6.51. The van der Waals surface area contributed by atoms with Crippen molar-refractivity contribution >= 4 is 39.2 Å². The lowest BCUT2D eigenvalue weighted by Gasteiger charge is -2.42. The molecule has 1 saturated heterocycles. The second-order valence-electron chi connectivity index (χ2n) is 8.04. The molecule has 2 N–H and O–H groups in total. The Balaban J connectivity index is 1.57. The van der Waals surface area contributed by atoms with Crippen LogP contribution >= 0.6 is 11.6 Å². The lowest BCUT2D eigenvalue weighted by molar-refractivity contribution is -0.148. The first kappa shape index (κ1) is 23.3. The Morgan fingerprint density at radius 1 is 1.21 bits per heavy atom. The van der Waals surface area contributed by atoms with Crippen LogP contribution in [0.3, 0.4) is 0 Å². The molecule has 1 fully saturated rings. The van der Waals surface area contributed by atoms with Crippen LogP contribution in [-0.4, -0.2) is 62.2 Å². The molecule has 2 aliphatic rings. The minimum atomic E-state index is -3.88. The Morgan fingerprint density at radius 2 is 1.94 bits per heavy atom. The number of rotatable bonds is 5. The normalized spacial score (nSPS) is 22.9. The molecule has 0 radical (unpaired) electrons. The summed E-state index contributed by atoms with van der Waals surface area (Å²) in [6, 6.07) is 9.93. The van der Waals surface area contributed by atoms with E-state index in [1.165, 1.54) is 42.5 Å². The summed E-state index contributed by atoms with van der Waals surface area (Å²) in [6.07, 6.45) is 0.0903. The first-order chi connectivity index (χ1) is 15.6. The lowest BCUT2D eigenvalue weighted by atomic mass is 9.95. The number of sulfonamides is 1. The monoisotopic (exact) mass is 494 g/mol. The van der Waals surface area contributed by atoms with Gasteiger partial charge < -0.3 is 19.5 Å². The number of carboxylic acids is 1. The molecule has 11 heteroatoms. The first-order valence-electron chi connectivity index (χ1n) is 10.3. The van der Waals surface area contributed by atoms with Gasteiger partial charge in [-0.1, -0.05) is 11.6 Å². The minimum absolute atomic E-state index is 0.0384. The Hall–Kier alpha value is -2.82. The van der Waals surface area contributed by atoms with E-state index < -0.39 is 28.2 Å². The van der Waals surface area contributed by atoms with Crippen molar-refractivity contribution < 1.29 is 32.6 Å². The number of benzene rings is 2. The van der Waals surface area contributed by atoms with E-state index in [1.807, 2.05) is 0 Å². The maximum atomic E-state index is 13.2. The van der Waals surface area contributed by atoms with Gasteiger partial charge in [0.1, 0.15) is 18.5 Å². The highest BCUT2D eigenvalue weighted by molar-refractivity contribution is 7.92. The van der Waals surface area contributed by atoms with E-state index in [4.69, 9.17) is 26.2 Å². The second-order valence-corrected chi connectivity index (χ2v) is 10.2. The third kappa shape index (κ3) is 5.07. The van der Waals surface area contributed by atoms with E-state index in [0.717, 1.165) is 0 Å². The number of likely N-dealkylation sites (N-methyl/N-ethyl adjacent to an activating group) is 1. The van der Waals surface area contributed by atoms with Crippen LogP contribution in [0.1, 0.15) is 29.6 Å². The summed E-state index contributed by atoms with van der Waals surface area (Å²) >= 11 is 5.83. The molecule has 0 spiro atoms. The zero-order chi connectivity index (χ0) is 23.8. The number of halogens is 1. The summed E-state index contributed by atoms with van der Waals surface area (Å²) in [5, 5.41) is 9.46. The first-order valence-corrected chi connectivity index (χ1v) is 12.2.